The molecule has 1 nitrogen and oxygen atoms in total. The maximum atomic E-state index is 5.33. The topological polar surface area (TPSA) is 12.9 Å². The normalized spacial score (nSPS) is 11.3. The average molecular weight is 588 g/mol. The average Bonchev–Trinajstić information content (AvgIpc) is 3.12. The molecule has 1 heterocycles. The molecule has 0 unspecified atom stereocenters. The summed E-state index contributed by atoms with van der Waals surface area (Å²) in [4.78, 5) is 5.33. The lowest BCUT2D eigenvalue weighted by Crippen LogP contribution is -1.93. The van der Waals surface area contributed by atoms with Gasteiger partial charge in [0, 0.05) is 11.1 Å². The minimum atomic E-state index is 0.956. The van der Waals surface area contributed by atoms with E-state index >= 15 is 0 Å². The summed E-state index contributed by atoms with van der Waals surface area (Å²) >= 11 is 0. The summed E-state index contributed by atoms with van der Waals surface area (Å²) in [5.74, 6) is 0. The second kappa shape index (κ2) is 11.6. The molecule has 0 bridgehead atoms. The van der Waals surface area contributed by atoms with Crippen molar-refractivity contribution in [1.29, 1.82) is 0 Å². The third-order valence-electron chi connectivity index (χ3n) is 8.97. The third kappa shape index (κ3) is 5.27. The van der Waals surface area contributed by atoms with Gasteiger partial charge in [0.15, 0.2) is 0 Å². The zero-order chi connectivity index (χ0) is 31.0. The van der Waals surface area contributed by atoms with Crippen LogP contribution in [0.3, 0.4) is 0 Å². The zero-order valence-corrected chi connectivity index (χ0v) is 26.0. The molecule has 0 amide bonds. The van der Waals surface area contributed by atoms with Crippen LogP contribution in [0.1, 0.15) is 11.1 Å². The molecule has 0 saturated carbocycles. The highest BCUT2D eigenvalue weighted by Crippen LogP contribution is 2.39. The molecule has 0 N–H and O–H groups in total. The minimum absolute atomic E-state index is 0.956. The molecular formula is C45H33N. The van der Waals surface area contributed by atoms with Crippen LogP contribution in [-0.2, 0) is 0 Å². The van der Waals surface area contributed by atoms with Crippen molar-refractivity contribution >= 4 is 21.5 Å². The molecule has 8 rings (SSSR count). The number of fused-ring (bicyclic) bond motifs is 3. The van der Waals surface area contributed by atoms with Crippen molar-refractivity contribution in [3.63, 3.8) is 0 Å². The van der Waals surface area contributed by atoms with Crippen molar-refractivity contribution < 1.29 is 0 Å². The second-order valence-corrected chi connectivity index (χ2v) is 12.2. The molecular weight excluding hydrogens is 555 g/mol. The van der Waals surface area contributed by atoms with Crippen LogP contribution in [0.25, 0.3) is 77.4 Å². The van der Waals surface area contributed by atoms with Crippen molar-refractivity contribution in [1.82, 2.24) is 4.98 Å². The molecule has 0 fully saturated rings. The SMILES string of the molecule is Cc1ccc(-c2cc(-c3ccc(C)cc3)nc(-c3cc(-c4ccccc4)cc(-c4cc5ccccc5c5ccccc45)c3)c2)cc1. The molecule has 1 aromatic heterocycles. The Morgan fingerprint density at radius 3 is 1.54 bits per heavy atom. The highest BCUT2D eigenvalue weighted by molar-refractivity contribution is 6.14. The molecule has 46 heavy (non-hydrogen) atoms. The lowest BCUT2D eigenvalue weighted by molar-refractivity contribution is 1.32. The Bertz CT molecular complexity index is 2280. The Morgan fingerprint density at radius 1 is 0.326 bits per heavy atom. The van der Waals surface area contributed by atoms with Gasteiger partial charge >= 0.3 is 0 Å². The van der Waals surface area contributed by atoms with Crippen LogP contribution in [0, 0.1) is 13.8 Å². The second-order valence-electron chi connectivity index (χ2n) is 12.2. The van der Waals surface area contributed by atoms with Gasteiger partial charge < -0.3 is 0 Å². The summed E-state index contributed by atoms with van der Waals surface area (Å²) in [6, 6.07) is 59.3. The zero-order valence-electron chi connectivity index (χ0n) is 26.0. The fourth-order valence-corrected chi connectivity index (χ4v) is 6.48. The van der Waals surface area contributed by atoms with Crippen molar-refractivity contribution in [2.24, 2.45) is 0 Å². The predicted octanol–water partition coefficient (Wildman–Crippen LogP) is 12.3. The van der Waals surface area contributed by atoms with Gasteiger partial charge in [0.05, 0.1) is 11.4 Å². The number of benzene rings is 7. The first-order valence-electron chi connectivity index (χ1n) is 15.9. The van der Waals surface area contributed by atoms with Crippen LogP contribution in [-0.4, -0.2) is 4.98 Å². The molecule has 0 radical (unpaired) electrons. The Morgan fingerprint density at radius 2 is 0.826 bits per heavy atom. The molecule has 1 heteroatoms. The highest BCUT2D eigenvalue weighted by atomic mass is 14.7. The number of hydrogen-bond acceptors (Lipinski definition) is 1. The third-order valence-corrected chi connectivity index (χ3v) is 8.97. The first kappa shape index (κ1) is 27.7. The van der Waals surface area contributed by atoms with E-state index in [-0.39, 0.29) is 0 Å². The van der Waals surface area contributed by atoms with E-state index in [0.29, 0.717) is 0 Å². The summed E-state index contributed by atoms with van der Waals surface area (Å²) in [5, 5.41) is 5.03. The van der Waals surface area contributed by atoms with E-state index in [1.165, 1.54) is 60.5 Å². The van der Waals surface area contributed by atoms with Crippen molar-refractivity contribution in [2.45, 2.75) is 13.8 Å². The number of aryl methyl sites for hydroxylation is 2. The van der Waals surface area contributed by atoms with E-state index in [9.17, 15) is 0 Å². The first-order chi connectivity index (χ1) is 22.6. The van der Waals surface area contributed by atoms with Crippen LogP contribution in [0.5, 0.6) is 0 Å². The number of pyridine rings is 1. The van der Waals surface area contributed by atoms with Crippen LogP contribution in [0.15, 0.2) is 164 Å². The maximum Gasteiger partial charge on any atom is 0.0716 e. The van der Waals surface area contributed by atoms with Crippen LogP contribution in [0.4, 0.5) is 0 Å². The van der Waals surface area contributed by atoms with Gasteiger partial charge in [-0.25, -0.2) is 4.98 Å². The van der Waals surface area contributed by atoms with E-state index in [2.05, 4.69) is 178 Å². The van der Waals surface area contributed by atoms with Gasteiger partial charge in [-0.2, -0.15) is 0 Å². The number of aromatic nitrogens is 1. The summed E-state index contributed by atoms with van der Waals surface area (Å²) in [5.41, 5.74) is 13.7. The fourth-order valence-electron chi connectivity index (χ4n) is 6.48. The smallest absolute Gasteiger partial charge is 0.0716 e. The Labute approximate surface area is 270 Å². The van der Waals surface area contributed by atoms with Crippen LogP contribution < -0.4 is 0 Å². The molecule has 0 saturated heterocycles. The van der Waals surface area contributed by atoms with Gasteiger partial charge in [-0.15, -0.1) is 0 Å². The van der Waals surface area contributed by atoms with Gasteiger partial charge in [-0.1, -0.05) is 139 Å². The van der Waals surface area contributed by atoms with Crippen LogP contribution in [0.2, 0.25) is 0 Å². The number of nitrogens with zero attached hydrogens (tertiary/aromatic N) is 1. The Hall–Kier alpha value is -5.79. The summed E-state index contributed by atoms with van der Waals surface area (Å²) in [6.45, 7) is 4.26. The molecule has 0 atom stereocenters. The Balaban J connectivity index is 1.40. The maximum absolute atomic E-state index is 5.33. The van der Waals surface area contributed by atoms with E-state index < -0.39 is 0 Å². The Kier molecular flexibility index (Phi) is 7.00. The van der Waals surface area contributed by atoms with Gasteiger partial charge in [-0.3, -0.25) is 0 Å². The van der Waals surface area contributed by atoms with Crippen molar-refractivity contribution in [3.05, 3.63) is 175 Å². The predicted molar refractivity (Wildman–Crippen MR) is 196 cm³/mol. The van der Waals surface area contributed by atoms with E-state index in [4.69, 9.17) is 4.98 Å². The summed E-state index contributed by atoms with van der Waals surface area (Å²) < 4.78 is 0. The van der Waals surface area contributed by atoms with Crippen molar-refractivity contribution in [2.75, 3.05) is 0 Å². The number of hydrogen-bond donors (Lipinski definition) is 0. The quantitative estimate of drug-likeness (QED) is 0.183. The molecule has 0 spiro atoms. The molecule has 8 aromatic rings. The summed E-state index contributed by atoms with van der Waals surface area (Å²) in [7, 11) is 0. The molecule has 0 aliphatic heterocycles. The van der Waals surface area contributed by atoms with Gasteiger partial charge in [0.25, 0.3) is 0 Å². The van der Waals surface area contributed by atoms with E-state index in [1.807, 2.05) is 0 Å². The van der Waals surface area contributed by atoms with Gasteiger partial charge in [0.1, 0.15) is 0 Å². The lowest BCUT2D eigenvalue weighted by atomic mass is 9.89. The standard InChI is InChI=1S/C45H33N/c1-30-16-20-33(21-17-30)37-28-44(34-22-18-31(2)19-23-34)46-45(29-37)39-25-36(32-10-4-3-5-11-32)24-38(26-39)43-27-35-12-6-7-13-40(35)41-14-8-9-15-42(41)43/h3-29H,1-2H3. The van der Waals surface area contributed by atoms with Crippen LogP contribution >= 0.6 is 0 Å². The summed E-state index contributed by atoms with van der Waals surface area (Å²) in [6.07, 6.45) is 0. The minimum Gasteiger partial charge on any atom is -0.248 e. The van der Waals surface area contributed by atoms with Crippen molar-refractivity contribution in [3.8, 4) is 55.9 Å². The molecule has 0 aliphatic rings. The van der Waals surface area contributed by atoms with E-state index in [0.717, 1.165) is 28.1 Å². The first-order valence-corrected chi connectivity index (χ1v) is 15.9. The number of rotatable bonds is 5. The molecule has 218 valence electrons. The molecule has 7 aromatic carbocycles. The van der Waals surface area contributed by atoms with Gasteiger partial charge in [-0.05, 0) is 105 Å². The lowest BCUT2D eigenvalue weighted by Gasteiger charge is -2.16. The van der Waals surface area contributed by atoms with Gasteiger partial charge in [0.2, 0.25) is 0 Å². The monoisotopic (exact) mass is 587 g/mol. The molecule has 0 aliphatic carbocycles. The van der Waals surface area contributed by atoms with E-state index in [1.54, 1.807) is 0 Å². The largest absolute Gasteiger partial charge is 0.248 e. The fraction of sp³-hybridized carbons (Fsp3) is 0.0444. The highest BCUT2D eigenvalue weighted by Gasteiger charge is 2.15.